The van der Waals surface area contributed by atoms with Gasteiger partial charge in [0.2, 0.25) is 5.91 Å². The molecule has 1 aliphatic rings. The molecule has 0 aliphatic heterocycles. The molecule has 2 rings (SSSR count). The molecule has 6 nitrogen and oxygen atoms in total. The van der Waals surface area contributed by atoms with Crippen molar-refractivity contribution in [3.63, 3.8) is 0 Å². The van der Waals surface area contributed by atoms with E-state index in [1.165, 1.54) is 0 Å². The van der Waals surface area contributed by atoms with Gasteiger partial charge in [-0.1, -0.05) is 19.3 Å². The van der Waals surface area contributed by atoms with Gasteiger partial charge in [0, 0.05) is 12.2 Å². The van der Waals surface area contributed by atoms with E-state index in [9.17, 15) is 10.1 Å². The Labute approximate surface area is 131 Å². The fourth-order valence-electron chi connectivity index (χ4n) is 2.91. The molecule has 0 radical (unpaired) electrons. The predicted octanol–water partition coefficient (Wildman–Crippen LogP) is 1.51. The molecule has 1 aromatic rings. The molecule has 1 saturated carbocycles. The maximum Gasteiger partial charge on any atom is 0.235 e. The molecular formula is C16H25N5O. The smallest absolute Gasteiger partial charge is 0.235 e. The van der Waals surface area contributed by atoms with Crippen molar-refractivity contribution in [2.75, 3.05) is 6.54 Å². The molecule has 0 aromatic carbocycles. The average molecular weight is 303 g/mol. The molecule has 1 aromatic heterocycles. The summed E-state index contributed by atoms with van der Waals surface area (Å²) in [7, 11) is 0. The summed E-state index contributed by atoms with van der Waals surface area (Å²) in [4.78, 5) is 12.1. The highest BCUT2D eigenvalue weighted by molar-refractivity contribution is 5.79. The van der Waals surface area contributed by atoms with E-state index < -0.39 is 5.54 Å². The summed E-state index contributed by atoms with van der Waals surface area (Å²) in [5.41, 5.74) is 0.470. The van der Waals surface area contributed by atoms with Gasteiger partial charge in [0.15, 0.2) is 0 Å². The number of amides is 1. The topological polar surface area (TPSA) is 82.7 Å². The summed E-state index contributed by atoms with van der Waals surface area (Å²) in [6.07, 6.45) is 8.49. The largest absolute Gasteiger partial charge is 0.337 e. The summed E-state index contributed by atoms with van der Waals surface area (Å²) in [6, 6.07) is 2.44. The lowest BCUT2D eigenvalue weighted by molar-refractivity contribution is -0.122. The first-order valence-corrected chi connectivity index (χ1v) is 7.98. The highest BCUT2D eigenvalue weighted by atomic mass is 16.2. The zero-order valence-corrected chi connectivity index (χ0v) is 13.4. The van der Waals surface area contributed by atoms with Gasteiger partial charge in [-0.05, 0) is 32.3 Å². The number of hydrogen-bond donors (Lipinski definition) is 2. The summed E-state index contributed by atoms with van der Waals surface area (Å²) in [5, 5.41) is 19.7. The van der Waals surface area contributed by atoms with Crippen LogP contribution in [0.1, 0.15) is 44.6 Å². The van der Waals surface area contributed by atoms with E-state index in [0.29, 0.717) is 6.54 Å². The minimum atomic E-state index is -0.653. The Kier molecular flexibility index (Phi) is 5.56. The van der Waals surface area contributed by atoms with Crippen LogP contribution in [0.2, 0.25) is 0 Å². The molecule has 22 heavy (non-hydrogen) atoms. The van der Waals surface area contributed by atoms with Crippen molar-refractivity contribution in [2.24, 2.45) is 0 Å². The van der Waals surface area contributed by atoms with E-state index in [1.54, 1.807) is 0 Å². The van der Waals surface area contributed by atoms with Crippen LogP contribution in [0, 0.1) is 18.3 Å². The maximum absolute atomic E-state index is 12.1. The zero-order valence-electron chi connectivity index (χ0n) is 13.4. The molecule has 0 saturated heterocycles. The third kappa shape index (κ3) is 4.57. The first-order chi connectivity index (χ1) is 10.5. The lowest BCUT2D eigenvalue weighted by Crippen LogP contribution is -2.52. The van der Waals surface area contributed by atoms with E-state index in [2.05, 4.69) is 21.8 Å². The summed E-state index contributed by atoms with van der Waals surface area (Å²) in [6.45, 7) is 4.96. The third-order valence-electron chi connectivity index (χ3n) is 4.13. The van der Waals surface area contributed by atoms with Crippen LogP contribution in [0.3, 0.4) is 0 Å². The van der Waals surface area contributed by atoms with Crippen molar-refractivity contribution in [1.82, 2.24) is 20.4 Å². The van der Waals surface area contributed by atoms with Gasteiger partial charge in [0.1, 0.15) is 5.54 Å². The second-order valence-corrected chi connectivity index (χ2v) is 6.32. The number of aryl methyl sites for hydroxylation is 1. The van der Waals surface area contributed by atoms with Gasteiger partial charge in [0.05, 0.1) is 25.4 Å². The highest BCUT2D eigenvalue weighted by Crippen LogP contribution is 2.27. The number of nitrogens with one attached hydrogen (secondary N) is 2. The van der Waals surface area contributed by atoms with Gasteiger partial charge < -0.3 is 10.6 Å². The Balaban J connectivity index is 1.76. The van der Waals surface area contributed by atoms with Gasteiger partial charge in [-0.2, -0.15) is 10.4 Å². The van der Waals surface area contributed by atoms with Gasteiger partial charge in [-0.3, -0.25) is 9.48 Å². The fraction of sp³-hybridized carbons (Fsp3) is 0.688. The van der Waals surface area contributed by atoms with Crippen LogP contribution in [0.5, 0.6) is 0 Å². The third-order valence-corrected chi connectivity index (χ3v) is 4.13. The standard InChI is InChI=1S/C16H25N5O/c1-13-8-19-21(10-13)11-14(2)18-9-15(22)20-16(12-17)6-4-3-5-7-16/h8,10,14,18H,3-7,9,11H2,1-2H3,(H,20,22)/t14-/m0/s1. The van der Waals surface area contributed by atoms with Crippen molar-refractivity contribution in [2.45, 2.75) is 64.1 Å². The minimum absolute atomic E-state index is 0.105. The van der Waals surface area contributed by atoms with Crippen LogP contribution >= 0.6 is 0 Å². The van der Waals surface area contributed by atoms with E-state index in [-0.39, 0.29) is 18.5 Å². The molecule has 2 N–H and O–H groups in total. The normalized spacial score (nSPS) is 18.4. The average Bonchev–Trinajstić information content (AvgIpc) is 2.91. The van der Waals surface area contributed by atoms with Crippen LogP contribution in [-0.4, -0.2) is 33.8 Å². The Bertz CT molecular complexity index is 539. The number of nitrogens with zero attached hydrogens (tertiary/aromatic N) is 3. The van der Waals surface area contributed by atoms with Crippen LogP contribution in [0.15, 0.2) is 12.4 Å². The number of carbonyl (C=O) groups is 1. The zero-order chi connectivity index (χ0) is 16.0. The molecular weight excluding hydrogens is 278 g/mol. The van der Waals surface area contributed by atoms with Crippen molar-refractivity contribution in [3.05, 3.63) is 18.0 Å². The van der Waals surface area contributed by atoms with E-state index in [1.807, 2.05) is 30.9 Å². The van der Waals surface area contributed by atoms with E-state index >= 15 is 0 Å². The van der Waals surface area contributed by atoms with Crippen LogP contribution < -0.4 is 10.6 Å². The van der Waals surface area contributed by atoms with Crippen LogP contribution in [0.4, 0.5) is 0 Å². The van der Waals surface area contributed by atoms with Gasteiger partial charge in [-0.25, -0.2) is 0 Å². The molecule has 0 bridgehead atoms. The van der Waals surface area contributed by atoms with E-state index in [0.717, 1.165) is 37.7 Å². The molecule has 1 fully saturated rings. The first-order valence-electron chi connectivity index (χ1n) is 7.98. The SMILES string of the molecule is Cc1cnn(C[C@H](C)NCC(=O)NC2(C#N)CCCCC2)c1. The molecule has 0 spiro atoms. The molecule has 6 heteroatoms. The molecule has 1 heterocycles. The first kappa shape index (κ1) is 16.5. The number of nitriles is 1. The second kappa shape index (κ2) is 7.41. The molecule has 1 atom stereocenters. The lowest BCUT2D eigenvalue weighted by atomic mass is 9.83. The number of hydrogen-bond acceptors (Lipinski definition) is 4. The summed E-state index contributed by atoms with van der Waals surface area (Å²) < 4.78 is 1.86. The number of rotatable bonds is 6. The highest BCUT2D eigenvalue weighted by Gasteiger charge is 2.33. The monoisotopic (exact) mass is 303 g/mol. The van der Waals surface area contributed by atoms with Crippen LogP contribution in [0.25, 0.3) is 0 Å². The second-order valence-electron chi connectivity index (χ2n) is 6.32. The van der Waals surface area contributed by atoms with Crippen molar-refractivity contribution >= 4 is 5.91 Å². The Morgan fingerprint density at radius 3 is 2.82 bits per heavy atom. The van der Waals surface area contributed by atoms with E-state index in [4.69, 9.17) is 0 Å². The molecule has 0 unspecified atom stereocenters. The number of carbonyl (C=O) groups excluding carboxylic acids is 1. The quantitative estimate of drug-likeness (QED) is 0.834. The van der Waals surface area contributed by atoms with Crippen molar-refractivity contribution < 1.29 is 4.79 Å². The molecule has 1 aliphatic carbocycles. The minimum Gasteiger partial charge on any atom is -0.337 e. The summed E-state index contributed by atoms with van der Waals surface area (Å²) in [5.74, 6) is -0.105. The molecule has 1 amide bonds. The predicted molar refractivity (Wildman–Crippen MR) is 84.0 cm³/mol. The van der Waals surface area contributed by atoms with Gasteiger partial charge in [0.25, 0.3) is 0 Å². The Morgan fingerprint density at radius 2 is 2.23 bits per heavy atom. The molecule has 120 valence electrons. The summed E-state index contributed by atoms with van der Waals surface area (Å²) >= 11 is 0. The van der Waals surface area contributed by atoms with Gasteiger partial charge in [-0.15, -0.1) is 0 Å². The fourth-order valence-corrected chi connectivity index (χ4v) is 2.91. The maximum atomic E-state index is 12.1. The Hall–Kier alpha value is -1.87. The lowest BCUT2D eigenvalue weighted by Gasteiger charge is -2.31. The van der Waals surface area contributed by atoms with Crippen LogP contribution in [-0.2, 0) is 11.3 Å². The van der Waals surface area contributed by atoms with Crippen molar-refractivity contribution in [1.29, 1.82) is 5.26 Å². The van der Waals surface area contributed by atoms with Gasteiger partial charge >= 0.3 is 0 Å². The Morgan fingerprint density at radius 1 is 1.50 bits per heavy atom. The number of aromatic nitrogens is 2. The van der Waals surface area contributed by atoms with Crippen molar-refractivity contribution in [3.8, 4) is 6.07 Å².